The lowest BCUT2D eigenvalue weighted by atomic mass is 10.0. The van der Waals surface area contributed by atoms with E-state index in [9.17, 15) is 30.3 Å². The Hall–Kier alpha value is -1.07. The number of hydrogen-bond acceptors (Lipinski definition) is 9. The summed E-state index contributed by atoms with van der Waals surface area (Å²) < 4.78 is 10.3. The summed E-state index contributed by atoms with van der Waals surface area (Å²) in [5.74, 6) is -0.392. The van der Waals surface area contributed by atoms with Gasteiger partial charge in [-0.1, -0.05) is 70.4 Å². The lowest BCUT2D eigenvalue weighted by molar-refractivity contribution is -0.156. The molecule has 0 spiro atoms. The van der Waals surface area contributed by atoms with E-state index in [-0.39, 0.29) is 13.0 Å². The molecule has 0 aromatic rings. The zero-order valence-electron chi connectivity index (χ0n) is 22.2. The van der Waals surface area contributed by atoms with Crippen molar-refractivity contribution in [2.45, 2.75) is 127 Å². The monoisotopic (exact) mass is 520 g/mol. The summed E-state index contributed by atoms with van der Waals surface area (Å²) in [6.07, 6.45) is 12.6. The number of aliphatic hydroxyl groups is 6. The van der Waals surface area contributed by atoms with Gasteiger partial charge in [-0.2, -0.15) is 0 Å². The van der Waals surface area contributed by atoms with Crippen LogP contribution in [-0.2, 0) is 14.3 Å². The number of esters is 1. The van der Waals surface area contributed by atoms with Crippen LogP contribution in [0.15, 0.2) is 12.2 Å². The second-order valence-corrected chi connectivity index (χ2v) is 9.45. The van der Waals surface area contributed by atoms with Crippen molar-refractivity contribution < 1.29 is 44.9 Å². The molecular formula is C27H52O9. The second kappa shape index (κ2) is 24.3. The van der Waals surface area contributed by atoms with Crippen LogP contribution >= 0.6 is 0 Å². The van der Waals surface area contributed by atoms with Gasteiger partial charge in [-0.05, 0) is 32.1 Å². The lowest BCUT2D eigenvalue weighted by Gasteiger charge is -2.26. The summed E-state index contributed by atoms with van der Waals surface area (Å²) in [6.45, 7) is 0.322. The van der Waals surface area contributed by atoms with Crippen molar-refractivity contribution in [3.05, 3.63) is 12.2 Å². The minimum absolute atomic E-state index is 0.203. The van der Waals surface area contributed by atoms with E-state index in [1.54, 1.807) is 0 Å². The average Bonchev–Trinajstić information content (AvgIpc) is 2.89. The van der Waals surface area contributed by atoms with Crippen molar-refractivity contribution >= 4 is 5.97 Å². The molecule has 0 aliphatic carbocycles. The van der Waals surface area contributed by atoms with Gasteiger partial charge in [-0.15, -0.1) is 0 Å². The number of unbranched alkanes of at least 4 members (excludes halogenated alkanes) is 11. The van der Waals surface area contributed by atoms with E-state index in [0.29, 0.717) is 0 Å². The van der Waals surface area contributed by atoms with Gasteiger partial charge in [0.15, 0.2) is 0 Å². The maximum Gasteiger partial charge on any atom is 0.305 e. The van der Waals surface area contributed by atoms with E-state index in [1.165, 1.54) is 44.9 Å². The Bertz CT molecular complexity index is 529. The van der Waals surface area contributed by atoms with Crippen molar-refractivity contribution in [2.24, 2.45) is 0 Å². The van der Waals surface area contributed by atoms with E-state index in [2.05, 4.69) is 19.1 Å². The molecule has 6 N–H and O–H groups in total. The van der Waals surface area contributed by atoms with E-state index < -0.39 is 56.3 Å². The predicted molar refractivity (Wildman–Crippen MR) is 138 cm³/mol. The Morgan fingerprint density at radius 1 is 0.694 bits per heavy atom. The van der Waals surface area contributed by atoms with Crippen LogP contribution in [0.2, 0.25) is 0 Å². The molecule has 0 saturated carbocycles. The average molecular weight is 521 g/mol. The second-order valence-electron chi connectivity index (χ2n) is 9.45. The standard InChI is InChI=1S/C27H52O9/c1-2-3-4-5-6-7-8-9-10-11-12-13-14-15-16-17-25(32)36-20-22(18-28)35-21-24(31)27(34)26(33)23(30)19-29/h9-10,22-24,26-31,33-34H,2-8,11-21H2,1H3/t22?,23-,24+,26-,27-/m1/s1. The fourth-order valence-corrected chi connectivity index (χ4v) is 3.65. The summed E-state index contributed by atoms with van der Waals surface area (Å²) in [5, 5.41) is 56.6. The molecule has 0 saturated heterocycles. The van der Waals surface area contributed by atoms with Crippen molar-refractivity contribution in [1.29, 1.82) is 0 Å². The van der Waals surface area contributed by atoms with Gasteiger partial charge in [0.05, 0.1) is 19.8 Å². The van der Waals surface area contributed by atoms with Gasteiger partial charge in [-0.3, -0.25) is 4.79 Å². The van der Waals surface area contributed by atoms with Crippen LogP contribution in [0.25, 0.3) is 0 Å². The van der Waals surface area contributed by atoms with Gasteiger partial charge in [0.1, 0.15) is 37.1 Å². The van der Waals surface area contributed by atoms with Crippen LogP contribution < -0.4 is 0 Å². The molecule has 0 aliphatic rings. The summed E-state index contributed by atoms with van der Waals surface area (Å²) in [6, 6.07) is 0. The Morgan fingerprint density at radius 3 is 1.78 bits per heavy atom. The highest BCUT2D eigenvalue weighted by atomic mass is 16.6. The predicted octanol–water partition coefficient (Wildman–Crippen LogP) is 2.38. The largest absolute Gasteiger partial charge is 0.463 e. The Morgan fingerprint density at radius 2 is 1.22 bits per heavy atom. The van der Waals surface area contributed by atoms with Gasteiger partial charge in [0.2, 0.25) is 0 Å². The number of ether oxygens (including phenoxy) is 2. The third-order valence-corrected chi connectivity index (χ3v) is 6.10. The van der Waals surface area contributed by atoms with Crippen LogP contribution in [0.5, 0.6) is 0 Å². The minimum atomic E-state index is -1.76. The third-order valence-electron chi connectivity index (χ3n) is 6.10. The molecule has 0 amide bonds. The molecule has 0 bridgehead atoms. The van der Waals surface area contributed by atoms with Crippen LogP contribution in [0.1, 0.15) is 96.8 Å². The van der Waals surface area contributed by atoms with Crippen molar-refractivity contribution in [3.8, 4) is 0 Å². The summed E-state index contributed by atoms with van der Waals surface area (Å²) in [5.41, 5.74) is 0. The minimum Gasteiger partial charge on any atom is -0.463 e. The summed E-state index contributed by atoms with van der Waals surface area (Å²) in [7, 11) is 0. The molecule has 36 heavy (non-hydrogen) atoms. The number of carbonyl (C=O) groups is 1. The molecule has 9 nitrogen and oxygen atoms in total. The molecule has 0 aliphatic heterocycles. The molecule has 0 radical (unpaired) electrons. The van der Waals surface area contributed by atoms with Crippen molar-refractivity contribution in [2.75, 3.05) is 26.4 Å². The van der Waals surface area contributed by atoms with Crippen LogP contribution in [0.4, 0.5) is 0 Å². The molecule has 214 valence electrons. The number of aliphatic hydroxyl groups excluding tert-OH is 6. The molecule has 0 heterocycles. The zero-order chi connectivity index (χ0) is 27.0. The number of rotatable bonds is 25. The molecule has 1 unspecified atom stereocenters. The first-order valence-electron chi connectivity index (χ1n) is 13.7. The molecule has 0 aromatic carbocycles. The van der Waals surface area contributed by atoms with Gasteiger partial charge in [-0.25, -0.2) is 0 Å². The fourth-order valence-electron chi connectivity index (χ4n) is 3.65. The normalized spacial score (nSPS) is 16.1. The molecule has 9 heteroatoms. The molecule has 0 aromatic heterocycles. The number of hydrogen-bond donors (Lipinski definition) is 6. The Labute approximate surface area is 217 Å². The SMILES string of the molecule is CCCCCCCCC=CCCCCCCCC(=O)OCC(CO)OC[C@H](O)[C@@H](O)[C@H](O)[C@H](O)CO. The molecule has 0 rings (SSSR count). The van der Waals surface area contributed by atoms with Crippen molar-refractivity contribution in [1.82, 2.24) is 0 Å². The van der Waals surface area contributed by atoms with Gasteiger partial charge in [0.25, 0.3) is 0 Å². The zero-order valence-corrected chi connectivity index (χ0v) is 22.2. The van der Waals surface area contributed by atoms with Gasteiger partial charge >= 0.3 is 5.97 Å². The smallest absolute Gasteiger partial charge is 0.305 e. The first-order valence-corrected chi connectivity index (χ1v) is 13.7. The lowest BCUT2D eigenvalue weighted by Crippen LogP contribution is -2.48. The highest BCUT2D eigenvalue weighted by Crippen LogP contribution is 2.11. The molecule has 5 atom stereocenters. The van der Waals surface area contributed by atoms with E-state index in [4.69, 9.17) is 14.6 Å². The van der Waals surface area contributed by atoms with E-state index in [1.807, 2.05) is 0 Å². The van der Waals surface area contributed by atoms with Crippen molar-refractivity contribution in [3.63, 3.8) is 0 Å². The third kappa shape index (κ3) is 19.1. The summed E-state index contributed by atoms with van der Waals surface area (Å²) >= 11 is 0. The number of carbonyl (C=O) groups excluding carboxylic acids is 1. The summed E-state index contributed by atoms with van der Waals surface area (Å²) in [4.78, 5) is 11.9. The Kier molecular flexibility index (Phi) is 23.6. The van der Waals surface area contributed by atoms with Gasteiger partial charge in [0, 0.05) is 6.42 Å². The van der Waals surface area contributed by atoms with Gasteiger partial charge < -0.3 is 40.1 Å². The van der Waals surface area contributed by atoms with E-state index in [0.717, 1.165) is 38.5 Å². The Balaban J connectivity index is 3.74. The highest BCUT2D eigenvalue weighted by Gasteiger charge is 2.30. The maximum absolute atomic E-state index is 11.9. The molecular weight excluding hydrogens is 468 g/mol. The fraction of sp³-hybridized carbons (Fsp3) is 0.889. The van der Waals surface area contributed by atoms with Crippen LogP contribution in [0.3, 0.4) is 0 Å². The quantitative estimate of drug-likeness (QED) is 0.0604. The highest BCUT2D eigenvalue weighted by molar-refractivity contribution is 5.69. The van der Waals surface area contributed by atoms with E-state index >= 15 is 0 Å². The first-order chi connectivity index (χ1) is 17.4. The van der Waals surface area contributed by atoms with Crippen LogP contribution in [-0.4, -0.2) is 93.6 Å². The van der Waals surface area contributed by atoms with Crippen LogP contribution in [0, 0.1) is 0 Å². The number of allylic oxidation sites excluding steroid dienone is 2. The maximum atomic E-state index is 11.9. The topological polar surface area (TPSA) is 157 Å². The first kappa shape index (κ1) is 34.9. The molecule has 0 fully saturated rings.